The summed E-state index contributed by atoms with van der Waals surface area (Å²) >= 11 is 6.49. The number of halogens is 1. The molecular formula is C18H24ClNO. The van der Waals surface area contributed by atoms with Crippen molar-refractivity contribution in [3.05, 3.63) is 33.3 Å². The smallest absolute Gasteiger partial charge is 0.163 e. The molecule has 1 heterocycles. The van der Waals surface area contributed by atoms with E-state index in [0.717, 1.165) is 42.4 Å². The Morgan fingerprint density at radius 1 is 1.24 bits per heavy atom. The topological polar surface area (TPSA) is 20.3 Å². The summed E-state index contributed by atoms with van der Waals surface area (Å²) in [7, 11) is 0. The van der Waals surface area contributed by atoms with Crippen LogP contribution < -0.4 is 0 Å². The van der Waals surface area contributed by atoms with Crippen LogP contribution in [0.3, 0.4) is 0 Å². The normalized spacial score (nSPS) is 24.8. The number of carbonyl (C=O) groups excluding carboxylic acids is 1. The van der Waals surface area contributed by atoms with Gasteiger partial charge >= 0.3 is 0 Å². The van der Waals surface area contributed by atoms with Gasteiger partial charge in [-0.3, -0.25) is 9.69 Å². The highest BCUT2D eigenvalue weighted by Crippen LogP contribution is 2.36. The molecular weight excluding hydrogens is 282 g/mol. The molecule has 1 aromatic rings. The minimum Gasteiger partial charge on any atom is -0.294 e. The second-order valence-electron chi connectivity index (χ2n) is 6.42. The average molecular weight is 308 g/mol. The van der Waals surface area contributed by atoms with Crippen molar-refractivity contribution in [2.75, 3.05) is 0 Å². The van der Waals surface area contributed by atoms with Gasteiger partial charge in [-0.2, -0.15) is 0 Å². The molecule has 1 aliphatic carbocycles. The zero-order valence-corrected chi connectivity index (χ0v) is 13.6. The van der Waals surface area contributed by atoms with Crippen LogP contribution >= 0.6 is 11.6 Å². The summed E-state index contributed by atoms with van der Waals surface area (Å²) in [5, 5.41) is 0.437. The van der Waals surface area contributed by atoms with Crippen molar-refractivity contribution < 1.29 is 7.54 Å². The maximum atomic E-state index is 12.9. The fraction of sp³-hybridized carbons (Fsp3) is 0.611. The van der Waals surface area contributed by atoms with Crippen molar-refractivity contribution in [2.45, 2.75) is 71.5 Å². The third kappa shape index (κ3) is 2.89. The van der Waals surface area contributed by atoms with Crippen LogP contribution in [0, 0.1) is 0 Å². The number of rotatable bonds is 1. The van der Waals surface area contributed by atoms with Crippen molar-refractivity contribution in [1.82, 2.24) is 4.90 Å². The molecule has 21 heavy (non-hydrogen) atoms. The third-order valence-corrected chi connectivity index (χ3v) is 4.98. The Labute approximate surface area is 135 Å². The van der Waals surface area contributed by atoms with E-state index in [2.05, 4.69) is 18.7 Å². The number of hydrogen-bond acceptors (Lipinski definition) is 2. The highest BCUT2D eigenvalue weighted by molar-refractivity contribution is 6.32. The van der Waals surface area contributed by atoms with E-state index >= 15 is 0 Å². The maximum absolute atomic E-state index is 12.9. The number of nitrogens with zero attached hydrogens (tertiary/aromatic N) is 1. The lowest BCUT2D eigenvalue weighted by Gasteiger charge is -2.19. The van der Waals surface area contributed by atoms with E-state index in [9.17, 15) is 4.79 Å². The van der Waals surface area contributed by atoms with E-state index in [1.165, 1.54) is 0 Å². The fourth-order valence-electron chi connectivity index (χ4n) is 3.35. The second kappa shape index (κ2) is 6.10. The maximum Gasteiger partial charge on any atom is 0.163 e. The number of benzene rings is 1. The van der Waals surface area contributed by atoms with E-state index in [1.807, 2.05) is 0 Å². The van der Waals surface area contributed by atoms with Gasteiger partial charge in [-0.15, -0.1) is 0 Å². The summed E-state index contributed by atoms with van der Waals surface area (Å²) < 4.78 is 16.6. The van der Waals surface area contributed by atoms with Crippen molar-refractivity contribution in [2.24, 2.45) is 0 Å². The minimum absolute atomic E-state index is 0.0920. The third-order valence-electron chi connectivity index (χ3n) is 4.65. The molecule has 2 nitrogen and oxygen atoms in total. The van der Waals surface area contributed by atoms with Crippen molar-refractivity contribution >= 4 is 17.4 Å². The van der Waals surface area contributed by atoms with Crippen molar-refractivity contribution in [3.8, 4) is 0 Å². The molecule has 0 saturated heterocycles. The van der Waals surface area contributed by atoms with Crippen molar-refractivity contribution in [3.63, 3.8) is 0 Å². The quantitative estimate of drug-likeness (QED) is 0.746. The molecule has 0 fully saturated rings. The molecule has 3 rings (SSSR count). The number of ketones is 1. The highest BCUT2D eigenvalue weighted by Gasteiger charge is 2.29. The van der Waals surface area contributed by atoms with E-state index in [1.54, 1.807) is 0 Å². The number of hydrogen-bond donors (Lipinski definition) is 0. The van der Waals surface area contributed by atoms with E-state index in [4.69, 9.17) is 14.3 Å². The van der Waals surface area contributed by atoms with Gasteiger partial charge in [0.1, 0.15) is 0 Å². The summed E-state index contributed by atoms with van der Waals surface area (Å²) in [4.78, 5) is 15.2. The first-order valence-electron chi connectivity index (χ1n) is 9.02. The van der Waals surface area contributed by atoms with Gasteiger partial charge < -0.3 is 0 Å². The van der Waals surface area contributed by atoms with E-state index in [-0.39, 0.29) is 5.78 Å². The molecule has 1 unspecified atom stereocenters. The van der Waals surface area contributed by atoms with Crippen LogP contribution in [0.2, 0.25) is 5.02 Å². The molecule has 1 aliphatic heterocycles. The summed E-state index contributed by atoms with van der Waals surface area (Å²) in [5.74, 6) is -0.0920. The lowest BCUT2D eigenvalue weighted by Crippen LogP contribution is -2.24. The van der Waals surface area contributed by atoms with Gasteiger partial charge in [0.2, 0.25) is 0 Å². The molecule has 0 saturated carbocycles. The first-order chi connectivity index (χ1) is 10.9. The van der Waals surface area contributed by atoms with Crippen LogP contribution in [0.25, 0.3) is 0 Å². The molecule has 0 radical (unpaired) electrons. The number of fused-ring (bicyclic) bond motifs is 3. The van der Waals surface area contributed by atoms with Gasteiger partial charge in [-0.1, -0.05) is 24.4 Å². The Bertz CT molecular complexity index is 645. The van der Waals surface area contributed by atoms with Gasteiger partial charge in [0.25, 0.3) is 0 Å². The fourth-order valence-corrected chi connectivity index (χ4v) is 3.66. The molecule has 1 aromatic carbocycles. The lowest BCUT2D eigenvalue weighted by atomic mass is 9.91. The number of Topliss-reactive ketones (excluding diaryl/α,β-unsaturated/α-hetero) is 1. The lowest BCUT2D eigenvalue weighted by molar-refractivity contribution is 0.0977. The summed E-state index contributed by atoms with van der Waals surface area (Å²) in [5.41, 5.74) is 3.35. The molecule has 1 atom stereocenters. The minimum atomic E-state index is -0.697. The SMILES string of the molecule is [2H]c1c(Cl)c2c(c3c1CN(C(C)C)C3)C(=O)C([2H])CCCCC2. The molecule has 0 aromatic heterocycles. The second-order valence-corrected chi connectivity index (χ2v) is 6.79. The first-order valence-corrected chi connectivity index (χ1v) is 8.32. The van der Waals surface area contributed by atoms with Gasteiger partial charge in [0.05, 0.1) is 1.37 Å². The predicted molar refractivity (Wildman–Crippen MR) is 87.0 cm³/mol. The monoisotopic (exact) mass is 307 g/mol. The van der Waals surface area contributed by atoms with E-state index < -0.39 is 6.40 Å². The van der Waals surface area contributed by atoms with Gasteiger partial charge in [0.15, 0.2) is 5.78 Å². The Morgan fingerprint density at radius 3 is 2.76 bits per heavy atom. The van der Waals surface area contributed by atoms with Crippen LogP contribution in [0.4, 0.5) is 0 Å². The summed E-state index contributed by atoms with van der Waals surface area (Å²) in [6.45, 7) is 5.62. The van der Waals surface area contributed by atoms with Gasteiger partial charge in [-0.25, -0.2) is 0 Å². The van der Waals surface area contributed by atoms with Crippen LogP contribution in [0.5, 0.6) is 0 Å². The Kier molecular flexibility index (Phi) is 3.68. The summed E-state index contributed by atoms with van der Waals surface area (Å²) in [6, 6.07) is 0.742. The molecule has 114 valence electrons. The van der Waals surface area contributed by atoms with Crippen LogP contribution in [-0.2, 0) is 19.5 Å². The molecule has 0 spiro atoms. The van der Waals surface area contributed by atoms with Gasteiger partial charge in [-0.05, 0) is 55.8 Å². The highest BCUT2D eigenvalue weighted by atomic mass is 35.5. The number of carbonyl (C=O) groups is 1. The zero-order chi connectivity index (χ0) is 16.7. The standard InChI is InChI=1S/C18H24ClNO/c1-12(2)20-10-13-9-16(19)14-7-5-3-4-6-8-17(21)18(14)15(13)11-20/h9,12H,3-8,10-11H2,1-2H3/i8D,9D. The molecule has 2 aliphatic rings. The summed E-state index contributed by atoms with van der Waals surface area (Å²) in [6.07, 6.45) is 3.57. The first kappa shape index (κ1) is 12.7. The van der Waals surface area contributed by atoms with Crippen LogP contribution in [0.15, 0.2) is 6.04 Å². The molecule has 0 N–H and O–H groups in total. The molecule has 0 bridgehead atoms. The van der Waals surface area contributed by atoms with Crippen LogP contribution in [-0.4, -0.2) is 16.7 Å². The zero-order valence-electron chi connectivity index (χ0n) is 14.8. The Hall–Kier alpha value is -0.860. The molecule has 0 amide bonds. The Balaban J connectivity index is 2.18. The largest absolute Gasteiger partial charge is 0.294 e. The van der Waals surface area contributed by atoms with Gasteiger partial charge in [0, 0.05) is 37.5 Å². The Morgan fingerprint density at radius 2 is 2.00 bits per heavy atom. The van der Waals surface area contributed by atoms with Crippen LogP contribution in [0.1, 0.15) is 75.7 Å². The molecule has 3 heteroatoms. The van der Waals surface area contributed by atoms with Crippen molar-refractivity contribution in [1.29, 1.82) is 0 Å². The average Bonchev–Trinajstić information content (AvgIpc) is 2.97. The van der Waals surface area contributed by atoms with E-state index in [0.29, 0.717) is 42.2 Å². The predicted octanol–water partition coefficient (Wildman–Crippen LogP) is 4.75.